The van der Waals surface area contributed by atoms with Gasteiger partial charge in [0.2, 0.25) is 0 Å². The smallest absolute Gasteiger partial charge is 0.313 e. The van der Waals surface area contributed by atoms with E-state index in [4.69, 9.17) is 9.47 Å². The molecule has 1 saturated heterocycles. The first kappa shape index (κ1) is 18.8. The van der Waals surface area contributed by atoms with E-state index in [2.05, 4.69) is 27.0 Å². The number of thiophene rings is 1. The van der Waals surface area contributed by atoms with Gasteiger partial charge in [-0.05, 0) is 60.5 Å². The van der Waals surface area contributed by atoms with Gasteiger partial charge in [0.25, 0.3) is 0 Å². The number of benzene rings is 1. The molecule has 1 fully saturated rings. The maximum Gasteiger partial charge on any atom is 0.313 e. The summed E-state index contributed by atoms with van der Waals surface area (Å²) in [7, 11) is 0. The van der Waals surface area contributed by atoms with E-state index >= 15 is 0 Å². The van der Waals surface area contributed by atoms with Gasteiger partial charge in [-0.15, -0.1) is 0 Å². The zero-order valence-electron chi connectivity index (χ0n) is 15.5. The molecule has 1 aromatic heterocycles. The number of ether oxygens (including phenoxy) is 2. The molecule has 2 N–H and O–H groups in total. The summed E-state index contributed by atoms with van der Waals surface area (Å²) in [6, 6.07) is 7.26. The van der Waals surface area contributed by atoms with Gasteiger partial charge >= 0.3 is 11.8 Å². The highest BCUT2D eigenvalue weighted by Gasteiger charge is 2.25. The number of anilines is 1. The fourth-order valence-corrected chi connectivity index (χ4v) is 4.26. The second-order valence-electron chi connectivity index (χ2n) is 6.84. The Kier molecular flexibility index (Phi) is 5.78. The lowest BCUT2D eigenvalue weighted by molar-refractivity contribution is -0.136. The van der Waals surface area contributed by atoms with Gasteiger partial charge in [-0.25, -0.2) is 0 Å². The second kappa shape index (κ2) is 8.62. The lowest BCUT2D eigenvalue weighted by Crippen LogP contribution is -2.41. The first-order valence-electron chi connectivity index (χ1n) is 9.46. The van der Waals surface area contributed by atoms with Crippen molar-refractivity contribution in [2.75, 3.05) is 38.2 Å². The average Bonchev–Trinajstić information content (AvgIpc) is 3.42. The maximum absolute atomic E-state index is 12.3. The summed E-state index contributed by atoms with van der Waals surface area (Å²) < 4.78 is 11.0. The molecule has 1 atom stereocenters. The van der Waals surface area contributed by atoms with Crippen LogP contribution >= 0.6 is 11.3 Å². The Morgan fingerprint density at radius 1 is 1.07 bits per heavy atom. The first-order chi connectivity index (χ1) is 13.7. The van der Waals surface area contributed by atoms with Crippen molar-refractivity contribution < 1.29 is 19.1 Å². The number of amides is 2. The van der Waals surface area contributed by atoms with Crippen molar-refractivity contribution in [1.82, 2.24) is 10.2 Å². The minimum absolute atomic E-state index is 0.0970. The van der Waals surface area contributed by atoms with Crippen LogP contribution in [0.3, 0.4) is 0 Å². The molecule has 8 heteroatoms. The molecule has 148 valence electrons. The lowest BCUT2D eigenvalue weighted by Gasteiger charge is -2.27. The number of carbonyl (C=O) groups excluding carboxylic acids is 2. The molecule has 0 aliphatic carbocycles. The Labute approximate surface area is 167 Å². The highest BCUT2D eigenvalue weighted by Crippen LogP contribution is 2.32. The van der Waals surface area contributed by atoms with E-state index in [0.717, 1.165) is 13.1 Å². The highest BCUT2D eigenvalue weighted by atomic mass is 32.1. The normalized spacial score (nSPS) is 17.1. The summed E-state index contributed by atoms with van der Waals surface area (Å²) in [4.78, 5) is 27.0. The Bertz CT molecular complexity index is 834. The third-order valence-corrected chi connectivity index (χ3v) is 5.67. The van der Waals surface area contributed by atoms with Crippen LogP contribution in [0.2, 0.25) is 0 Å². The van der Waals surface area contributed by atoms with Crippen molar-refractivity contribution in [3.05, 3.63) is 40.6 Å². The Morgan fingerprint density at radius 3 is 2.61 bits per heavy atom. The number of hydrogen-bond acceptors (Lipinski definition) is 6. The van der Waals surface area contributed by atoms with Gasteiger partial charge in [0.05, 0.1) is 6.04 Å². The van der Waals surface area contributed by atoms with Gasteiger partial charge in [0.15, 0.2) is 11.5 Å². The van der Waals surface area contributed by atoms with Crippen LogP contribution in [0.15, 0.2) is 35.0 Å². The second-order valence-corrected chi connectivity index (χ2v) is 7.62. The molecule has 2 aliphatic heterocycles. The van der Waals surface area contributed by atoms with E-state index in [-0.39, 0.29) is 6.04 Å². The molecule has 3 heterocycles. The Hall–Kier alpha value is -2.58. The van der Waals surface area contributed by atoms with Crippen molar-refractivity contribution >= 4 is 28.8 Å². The maximum atomic E-state index is 12.3. The van der Waals surface area contributed by atoms with Crippen molar-refractivity contribution in [1.29, 1.82) is 0 Å². The van der Waals surface area contributed by atoms with Crippen LogP contribution in [0.5, 0.6) is 11.5 Å². The minimum Gasteiger partial charge on any atom is -0.486 e. The third-order valence-electron chi connectivity index (χ3n) is 4.97. The molecule has 28 heavy (non-hydrogen) atoms. The molecule has 4 rings (SSSR count). The standard InChI is InChI=1S/C20H23N3O4S/c24-19(20(25)22-15-3-4-17-18(11-15)27-9-8-26-17)21-12-16(14-5-10-28-13-14)23-6-1-2-7-23/h3-5,10-11,13,16H,1-2,6-9,12H2,(H,21,24)(H,22,25). The molecule has 7 nitrogen and oxygen atoms in total. The summed E-state index contributed by atoms with van der Waals surface area (Å²) in [6.07, 6.45) is 2.33. The molecule has 1 unspecified atom stereocenters. The molecule has 0 bridgehead atoms. The fourth-order valence-electron chi connectivity index (χ4n) is 3.55. The molecule has 2 aliphatic rings. The van der Waals surface area contributed by atoms with Crippen LogP contribution in [0.4, 0.5) is 5.69 Å². The number of rotatable bonds is 5. The van der Waals surface area contributed by atoms with Crippen LogP contribution in [0.25, 0.3) is 0 Å². The van der Waals surface area contributed by atoms with Gasteiger partial charge in [-0.1, -0.05) is 0 Å². The summed E-state index contributed by atoms with van der Waals surface area (Å²) >= 11 is 1.64. The molecule has 1 aromatic carbocycles. The van der Waals surface area contributed by atoms with Crippen LogP contribution in [-0.4, -0.2) is 49.6 Å². The number of likely N-dealkylation sites (tertiary alicyclic amines) is 1. The summed E-state index contributed by atoms with van der Waals surface area (Å²) in [6.45, 7) is 3.40. The number of hydrogen-bond donors (Lipinski definition) is 2. The number of nitrogens with zero attached hydrogens (tertiary/aromatic N) is 1. The van der Waals surface area contributed by atoms with Gasteiger partial charge in [0, 0.05) is 18.3 Å². The predicted molar refractivity (Wildman–Crippen MR) is 107 cm³/mol. The summed E-state index contributed by atoms with van der Waals surface area (Å²) in [5, 5.41) is 9.55. The molecular weight excluding hydrogens is 378 g/mol. The lowest BCUT2D eigenvalue weighted by atomic mass is 10.1. The van der Waals surface area contributed by atoms with Gasteiger partial charge in [-0.3, -0.25) is 14.5 Å². The van der Waals surface area contributed by atoms with E-state index in [0.29, 0.717) is 36.9 Å². The van der Waals surface area contributed by atoms with E-state index < -0.39 is 11.8 Å². The predicted octanol–water partition coefficient (Wildman–Crippen LogP) is 2.41. The largest absolute Gasteiger partial charge is 0.486 e. The van der Waals surface area contributed by atoms with E-state index in [9.17, 15) is 9.59 Å². The SMILES string of the molecule is O=C(NCC(c1ccsc1)N1CCCC1)C(=O)Nc1ccc2c(c1)OCCO2. The highest BCUT2D eigenvalue weighted by molar-refractivity contribution is 7.08. The van der Waals surface area contributed by atoms with Crippen molar-refractivity contribution in [3.63, 3.8) is 0 Å². The first-order valence-corrected chi connectivity index (χ1v) is 10.4. The van der Waals surface area contributed by atoms with Crippen LogP contribution < -0.4 is 20.1 Å². The average molecular weight is 401 g/mol. The molecule has 2 aromatic rings. The van der Waals surface area contributed by atoms with Crippen molar-refractivity contribution in [2.24, 2.45) is 0 Å². The molecular formula is C20H23N3O4S. The van der Waals surface area contributed by atoms with Crippen LogP contribution in [-0.2, 0) is 9.59 Å². The third kappa shape index (κ3) is 4.28. The van der Waals surface area contributed by atoms with Crippen molar-refractivity contribution in [3.8, 4) is 11.5 Å². The topological polar surface area (TPSA) is 79.9 Å². The van der Waals surface area contributed by atoms with E-state index in [1.165, 1.54) is 18.4 Å². The molecule has 2 amide bonds. The number of fused-ring (bicyclic) bond motifs is 1. The van der Waals surface area contributed by atoms with Gasteiger partial charge in [-0.2, -0.15) is 11.3 Å². The van der Waals surface area contributed by atoms with E-state index in [1.807, 2.05) is 5.38 Å². The van der Waals surface area contributed by atoms with Crippen molar-refractivity contribution in [2.45, 2.75) is 18.9 Å². The molecule has 0 saturated carbocycles. The fraction of sp³-hybridized carbons (Fsp3) is 0.400. The quantitative estimate of drug-likeness (QED) is 0.752. The zero-order chi connectivity index (χ0) is 19.3. The monoisotopic (exact) mass is 401 g/mol. The van der Waals surface area contributed by atoms with Gasteiger partial charge in [0.1, 0.15) is 13.2 Å². The Morgan fingerprint density at radius 2 is 1.86 bits per heavy atom. The summed E-state index contributed by atoms with van der Waals surface area (Å²) in [5.41, 5.74) is 1.68. The van der Waals surface area contributed by atoms with Crippen LogP contribution in [0.1, 0.15) is 24.4 Å². The number of carbonyl (C=O) groups is 2. The van der Waals surface area contributed by atoms with E-state index in [1.54, 1.807) is 29.5 Å². The summed E-state index contributed by atoms with van der Waals surface area (Å²) in [5.74, 6) is -0.134. The van der Waals surface area contributed by atoms with Crippen LogP contribution in [0, 0.1) is 0 Å². The number of nitrogens with one attached hydrogen (secondary N) is 2. The zero-order valence-corrected chi connectivity index (χ0v) is 16.3. The molecule has 0 spiro atoms. The minimum atomic E-state index is -0.692. The van der Waals surface area contributed by atoms with Gasteiger partial charge < -0.3 is 20.1 Å². The molecule has 0 radical (unpaired) electrons. The Balaban J connectivity index is 1.35.